The Balaban J connectivity index is 1.51. The van der Waals surface area contributed by atoms with Gasteiger partial charge in [-0.1, -0.05) is 95.6 Å². The molecular weight excluding hydrogens is 485 g/mol. The zero-order valence-electron chi connectivity index (χ0n) is 17.9. The van der Waals surface area contributed by atoms with Gasteiger partial charge in [0.25, 0.3) is 5.91 Å². The van der Waals surface area contributed by atoms with E-state index in [0.29, 0.717) is 26.4 Å². The summed E-state index contributed by atoms with van der Waals surface area (Å²) in [5, 5.41) is 0.727. The maximum absolute atomic E-state index is 13.6. The van der Waals surface area contributed by atoms with Gasteiger partial charge in [-0.25, -0.2) is 0 Å². The average molecular weight is 504 g/mol. The van der Waals surface area contributed by atoms with E-state index in [1.807, 2.05) is 91.0 Å². The van der Waals surface area contributed by atoms with Crippen LogP contribution in [0.1, 0.15) is 16.5 Å². The SMILES string of the molecule is O=C1/C(=C\c2cccc(Oc3ccccc3)c2)SC(c2ccccc2)N1c1cc(Cl)ccc1Cl. The average Bonchev–Trinajstić information content (AvgIpc) is 3.17. The number of para-hydroxylation sites is 1. The highest BCUT2D eigenvalue weighted by Crippen LogP contribution is 2.50. The van der Waals surface area contributed by atoms with Crippen LogP contribution in [0.4, 0.5) is 5.69 Å². The van der Waals surface area contributed by atoms with Gasteiger partial charge in [0, 0.05) is 5.02 Å². The Hall–Kier alpha value is -3.18. The lowest BCUT2D eigenvalue weighted by Gasteiger charge is -2.24. The summed E-state index contributed by atoms with van der Waals surface area (Å²) in [6.45, 7) is 0. The van der Waals surface area contributed by atoms with Crippen LogP contribution in [-0.2, 0) is 4.79 Å². The van der Waals surface area contributed by atoms with Crippen molar-refractivity contribution in [2.75, 3.05) is 4.90 Å². The minimum absolute atomic E-state index is 0.127. The van der Waals surface area contributed by atoms with Gasteiger partial charge >= 0.3 is 0 Å². The van der Waals surface area contributed by atoms with Crippen molar-refractivity contribution in [2.24, 2.45) is 0 Å². The molecule has 0 aliphatic carbocycles. The summed E-state index contributed by atoms with van der Waals surface area (Å²) in [7, 11) is 0. The molecule has 1 amide bonds. The van der Waals surface area contributed by atoms with Gasteiger partial charge in [0.15, 0.2) is 0 Å². The summed E-state index contributed by atoms with van der Waals surface area (Å²) in [6.07, 6.45) is 1.89. The first-order valence-corrected chi connectivity index (χ1v) is 12.3. The molecule has 1 aliphatic heterocycles. The summed E-state index contributed by atoms with van der Waals surface area (Å²) in [6, 6.07) is 32.3. The van der Waals surface area contributed by atoms with Crippen LogP contribution in [0.25, 0.3) is 6.08 Å². The number of nitrogens with zero attached hydrogens (tertiary/aromatic N) is 1. The van der Waals surface area contributed by atoms with Crippen molar-refractivity contribution < 1.29 is 9.53 Å². The largest absolute Gasteiger partial charge is 0.457 e. The molecule has 168 valence electrons. The highest BCUT2D eigenvalue weighted by atomic mass is 35.5. The minimum Gasteiger partial charge on any atom is -0.457 e. The molecule has 0 N–H and O–H groups in total. The third-order valence-corrected chi connectivity index (χ3v) is 7.10. The fourth-order valence-electron chi connectivity index (χ4n) is 3.73. The van der Waals surface area contributed by atoms with Gasteiger partial charge in [-0.05, 0) is 59.7 Å². The molecule has 1 fully saturated rings. The molecule has 0 radical (unpaired) electrons. The summed E-state index contributed by atoms with van der Waals surface area (Å²) >= 11 is 14.2. The van der Waals surface area contributed by atoms with Crippen LogP contribution in [0, 0.1) is 0 Å². The number of rotatable bonds is 5. The Bertz CT molecular complexity index is 1360. The Kier molecular flexibility index (Phi) is 6.63. The standard InChI is InChI=1S/C28H19Cl2NO2S/c29-21-14-15-24(30)25(18-21)31-27(32)26(34-28(31)20-9-3-1-4-10-20)17-19-8-7-13-23(16-19)33-22-11-5-2-6-12-22/h1-18,28H/b26-17+. The number of benzene rings is 4. The predicted octanol–water partition coefficient (Wildman–Crippen LogP) is 8.61. The molecule has 0 saturated carbocycles. The number of carbonyl (C=O) groups excluding carboxylic acids is 1. The number of carbonyl (C=O) groups is 1. The van der Waals surface area contributed by atoms with Crippen LogP contribution in [-0.4, -0.2) is 5.91 Å². The quantitative estimate of drug-likeness (QED) is 0.255. The van der Waals surface area contributed by atoms with Crippen LogP contribution in [0.15, 0.2) is 108 Å². The molecule has 1 unspecified atom stereocenters. The minimum atomic E-state index is -0.264. The van der Waals surface area contributed by atoms with Crippen molar-refractivity contribution in [3.63, 3.8) is 0 Å². The van der Waals surface area contributed by atoms with E-state index in [9.17, 15) is 4.79 Å². The van der Waals surface area contributed by atoms with Crippen molar-refractivity contribution in [3.8, 4) is 11.5 Å². The third kappa shape index (κ3) is 4.85. The summed E-state index contributed by atoms with van der Waals surface area (Å²) < 4.78 is 5.96. The molecule has 4 aromatic carbocycles. The first-order valence-electron chi connectivity index (χ1n) is 10.6. The van der Waals surface area contributed by atoms with Crippen LogP contribution in [0.5, 0.6) is 11.5 Å². The van der Waals surface area contributed by atoms with Crippen LogP contribution in [0.2, 0.25) is 10.0 Å². The number of anilines is 1. The highest BCUT2D eigenvalue weighted by molar-refractivity contribution is 8.05. The van der Waals surface area contributed by atoms with Crippen LogP contribution in [0.3, 0.4) is 0 Å². The van der Waals surface area contributed by atoms with E-state index < -0.39 is 0 Å². The van der Waals surface area contributed by atoms with Crippen molar-refractivity contribution >= 4 is 52.6 Å². The maximum Gasteiger partial charge on any atom is 0.266 e. The summed E-state index contributed by atoms with van der Waals surface area (Å²) in [5.74, 6) is 1.33. The van der Waals surface area contributed by atoms with Gasteiger partial charge in [-0.3, -0.25) is 9.69 Å². The molecule has 1 saturated heterocycles. The number of amides is 1. The molecule has 0 aromatic heterocycles. The van der Waals surface area contributed by atoms with Crippen molar-refractivity contribution in [3.05, 3.63) is 129 Å². The van der Waals surface area contributed by atoms with E-state index in [1.54, 1.807) is 23.1 Å². The Labute approximate surface area is 212 Å². The number of halogens is 2. The zero-order valence-corrected chi connectivity index (χ0v) is 20.2. The van der Waals surface area contributed by atoms with E-state index in [0.717, 1.165) is 16.9 Å². The molecule has 5 rings (SSSR count). The van der Waals surface area contributed by atoms with Gasteiger partial charge in [-0.15, -0.1) is 0 Å². The maximum atomic E-state index is 13.6. The fourth-order valence-corrected chi connectivity index (χ4v) is 5.36. The Morgan fingerprint density at radius 2 is 1.50 bits per heavy atom. The lowest BCUT2D eigenvalue weighted by molar-refractivity contribution is -0.114. The molecule has 0 spiro atoms. The van der Waals surface area contributed by atoms with E-state index >= 15 is 0 Å². The van der Waals surface area contributed by atoms with Crippen molar-refractivity contribution in [1.29, 1.82) is 0 Å². The van der Waals surface area contributed by atoms with Crippen LogP contribution >= 0.6 is 35.0 Å². The van der Waals surface area contributed by atoms with Gasteiger partial charge in [0.2, 0.25) is 0 Å². The van der Waals surface area contributed by atoms with E-state index in [-0.39, 0.29) is 11.3 Å². The summed E-state index contributed by atoms with van der Waals surface area (Å²) in [5.41, 5.74) is 2.46. The lowest BCUT2D eigenvalue weighted by Crippen LogP contribution is -2.27. The second-order valence-electron chi connectivity index (χ2n) is 7.65. The molecule has 1 aliphatic rings. The monoisotopic (exact) mass is 503 g/mol. The molecular formula is C28H19Cl2NO2S. The molecule has 34 heavy (non-hydrogen) atoms. The van der Waals surface area contributed by atoms with Gasteiger partial charge in [-0.2, -0.15) is 0 Å². The number of ether oxygens (including phenoxy) is 1. The number of hydrogen-bond acceptors (Lipinski definition) is 3. The molecule has 0 bridgehead atoms. The number of hydrogen-bond donors (Lipinski definition) is 0. The van der Waals surface area contributed by atoms with Gasteiger partial charge < -0.3 is 4.74 Å². The molecule has 1 heterocycles. The normalized spacial score (nSPS) is 16.8. The topological polar surface area (TPSA) is 29.5 Å². The second-order valence-corrected chi connectivity index (χ2v) is 9.61. The molecule has 1 atom stereocenters. The Morgan fingerprint density at radius 1 is 0.794 bits per heavy atom. The molecule has 4 aromatic rings. The van der Waals surface area contributed by atoms with Gasteiger partial charge in [0.1, 0.15) is 16.9 Å². The lowest BCUT2D eigenvalue weighted by atomic mass is 10.1. The highest BCUT2D eigenvalue weighted by Gasteiger charge is 2.39. The first-order chi connectivity index (χ1) is 16.6. The Morgan fingerprint density at radius 3 is 2.26 bits per heavy atom. The molecule has 3 nitrogen and oxygen atoms in total. The van der Waals surface area contributed by atoms with Gasteiger partial charge in [0.05, 0.1) is 15.6 Å². The van der Waals surface area contributed by atoms with E-state index in [4.69, 9.17) is 27.9 Å². The predicted molar refractivity (Wildman–Crippen MR) is 142 cm³/mol. The second kappa shape index (κ2) is 9.98. The summed E-state index contributed by atoms with van der Waals surface area (Å²) in [4.78, 5) is 16.0. The third-order valence-electron chi connectivity index (χ3n) is 5.29. The fraction of sp³-hybridized carbons (Fsp3) is 0.0357. The van der Waals surface area contributed by atoms with E-state index in [1.165, 1.54) is 11.8 Å². The van der Waals surface area contributed by atoms with Crippen molar-refractivity contribution in [1.82, 2.24) is 0 Å². The van der Waals surface area contributed by atoms with E-state index in [2.05, 4.69) is 0 Å². The molecule has 6 heteroatoms. The van der Waals surface area contributed by atoms with Crippen LogP contribution < -0.4 is 9.64 Å². The smallest absolute Gasteiger partial charge is 0.266 e. The number of thioether (sulfide) groups is 1. The van der Waals surface area contributed by atoms with Crippen molar-refractivity contribution in [2.45, 2.75) is 5.37 Å². The zero-order chi connectivity index (χ0) is 23.5. The first kappa shape index (κ1) is 22.6.